The van der Waals surface area contributed by atoms with Crippen molar-refractivity contribution in [3.8, 4) is 23.1 Å². The Hall–Kier alpha value is -2.90. The average molecular weight is 327 g/mol. The van der Waals surface area contributed by atoms with E-state index in [9.17, 15) is 0 Å². The SMILES string of the molecule is CC(C)c1noc(-c2cn(C[C@@H]3COc4ccccc4O3)nn2)n1. The zero-order chi connectivity index (χ0) is 16.5. The third-order valence-electron chi connectivity index (χ3n) is 3.67. The molecule has 4 rings (SSSR count). The average Bonchev–Trinajstić information content (AvgIpc) is 3.24. The molecule has 0 N–H and O–H groups in total. The zero-order valence-electron chi connectivity index (χ0n) is 13.4. The van der Waals surface area contributed by atoms with Gasteiger partial charge in [-0.05, 0) is 12.1 Å². The minimum Gasteiger partial charge on any atom is -0.486 e. The Morgan fingerprint density at radius 3 is 2.88 bits per heavy atom. The Balaban J connectivity index is 1.46. The number of hydrogen-bond acceptors (Lipinski definition) is 7. The number of ether oxygens (including phenoxy) is 2. The summed E-state index contributed by atoms with van der Waals surface area (Å²) in [5, 5.41) is 12.1. The first-order valence-electron chi connectivity index (χ1n) is 7.81. The van der Waals surface area contributed by atoms with Crippen LogP contribution in [0.1, 0.15) is 25.6 Å². The van der Waals surface area contributed by atoms with E-state index in [2.05, 4.69) is 20.5 Å². The highest BCUT2D eigenvalue weighted by Crippen LogP contribution is 2.31. The van der Waals surface area contributed by atoms with Crippen LogP contribution in [-0.4, -0.2) is 37.8 Å². The van der Waals surface area contributed by atoms with Crippen molar-refractivity contribution in [3.05, 3.63) is 36.3 Å². The maximum absolute atomic E-state index is 5.92. The summed E-state index contributed by atoms with van der Waals surface area (Å²) < 4.78 is 18.5. The van der Waals surface area contributed by atoms with Gasteiger partial charge in [-0.2, -0.15) is 4.98 Å². The number of fused-ring (bicyclic) bond motifs is 1. The van der Waals surface area contributed by atoms with Crippen LogP contribution in [-0.2, 0) is 6.54 Å². The van der Waals surface area contributed by atoms with E-state index in [1.165, 1.54) is 0 Å². The highest BCUT2D eigenvalue weighted by atomic mass is 16.6. The fraction of sp³-hybridized carbons (Fsp3) is 0.375. The lowest BCUT2D eigenvalue weighted by Crippen LogP contribution is -2.33. The number of para-hydroxylation sites is 2. The number of benzene rings is 1. The van der Waals surface area contributed by atoms with Crippen LogP contribution in [0, 0.1) is 0 Å². The third kappa shape index (κ3) is 2.82. The zero-order valence-corrected chi connectivity index (χ0v) is 13.4. The summed E-state index contributed by atoms with van der Waals surface area (Å²) in [5.74, 6) is 2.73. The molecule has 24 heavy (non-hydrogen) atoms. The summed E-state index contributed by atoms with van der Waals surface area (Å²) in [6, 6.07) is 7.61. The van der Waals surface area contributed by atoms with Gasteiger partial charge >= 0.3 is 0 Å². The van der Waals surface area contributed by atoms with Crippen molar-refractivity contribution in [2.45, 2.75) is 32.4 Å². The van der Waals surface area contributed by atoms with Gasteiger partial charge in [-0.3, -0.25) is 0 Å². The standard InChI is InChI=1S/C16H17N5O3/c1-10(2)15-17-16(24-19-15)12-8-21(20-18-12)7-11-9-22-13-5-3-4-6-14(13)23-11/h3-6,8,10-11H,7,9H2,1-2H3/t11-/m1/s1. The second-order valence-electron chi connectivity index (χ2n) is 5.94. The van der Waals surface area contributed by atoms with Crippen molar-refractivity contribution >= 4 is 0 Å². The predicted octanol–water partition coefficient (Wildman–Crippen LogP) is 2.29. The second kappa shape index (κ2) is 5.95. The molecule has 1 atom stereocenters. The maximum Gasteiger partial charge on any atom is 0.280 e. The van der Waals surface area contributed by atoms with Crippen LogP contribution in [0.25, 0.3) is 11.6 Å². The molecular formula is C16H17N5O3. The summed E-state index contributed by atoms with van der Waals surface area (Å²) >= 11 is 0. The Bertz CT molecular complexity index is 842. The van der Waals surface area contributed by atoms with Crippen molar-refractivity contribution in [2.75, 3.05) is 6.61 Å². The minimum atomic E-state index is -0.136. The lowest BCUT2D eigenvalue weighted by molar-refractivity contribution is 0.0755. The van der Waals surface area contributed by atoms with Gasteiger partial charge in [0.1, 0.15) is 6.61 Å². The molecular weight excluding hydrogens is 310 g/mol. The Morgan fingerprint density at radius 1 is 1.25 bits per heavy atom. The second-order valence-corrected chi connectivity index (χ2v) is 5.94. The monoisotopic (exact) mass is 327 g/mol. The van der Waals surface area contributed by atoms with Crippen LogP contribution in [0.2, 0.25) is 0 Å². The summed E-state index contributed by atoms with van der Waals surface area (Å²) in [4.78, 5) is 4.32. The fourth-order valence-corrected chi connectivity index (χ4v) is 2.42. The molecule has 8 nitrogen and oxygen atoms in total. The quantitative estimate of drug-likeness (QED) is 0.726. The summed E-state index contributed by atoms with van der Waals surface area (Å²) in [7, 11) is 0. The highest BCUT2D eigenvalue weighted by Gasteiger charge is 2.22. The first-order chi connectivity index (χ1) is 11.7. The highest BCUT2D eigenvalue weighted by molar-refractivity contribution is 5.43. The molecule has 0 bridgehead atoms. The minimum absolute atomic E-state index is 0.136. The number of hydrogen-bond donors (Lipinski definition) is 0. The van der Waals surface area contributed by atoms with Crippen LogP contribution in [0.5, 0.6) is 11.5 Å². The van der Waals surface area contributed by atoms with Gasteiger partial charge in [-0.15, -0.1) is 5.10 Å². The molecule has 3 aromatic rings. The molecule has 0 radical (unpaired) electrons. The molecule has 8 heteroatoms. The van der Waals surface area contributed by atoms with Crippen molar-refractivity contribution in [3.63, 3.8) is 0 Å². The predicted molar refractivity (Wildman–Crippen MR) is 83.8 cm³/mol. The van der Waals surface area contributed by atoms with E-state index >= 15 is 0 Å². The Labute approximate surface area is 138 Å². The number of nitrogens with zero attached hydrogens (tertiary/aromatic N) is 5. The van der Waals surface area contributed by atoms with Crippen LogP contribution < -0.4 is 9.47 Å². The molecule has 0 aliphatic carbocycles. The van der Waals surface area contributed by atoms with Gasteiger partial charge in [0.05, 0.1) is 12.7 Å². The topological polar surface area (TPSA) is 88.1 Å². The van der Waals surface area contributed by atoms with E-state index in [1.54, 1.807) is 10.9 Å². The number of aromatic nitrogens is 5. The van der Waals surface area contributed by atoms with E-state index in [-0.39, 0.29) is 12.0 Å². The molecule has 1 aliphatic rings. The van der Waals surface area contributed by atoms with Gasteiger partial charge in [0.15, 0.2) is 29.1 Å². The van der Waals surface area contributed by atoms with Gasteiger partial charge in [-0.1, -0.05) is 36.4 Å². The molecule has 0 saturated heterocycles. The van der Waals surface area contributed by atoms with Crippen molar-refractivity contribution in [2.24, 2.45) is 0 Å². The van der Waals surface area contributed by atoms with E-state index in [1.807, 2.05) is 38.1 Å². The molecule has 3 heterocycles. The third-order valence-corrected chi connectivity index (χ3v) is 3.67. The molecule has 2 aromatic heterocycles. The van der Waals surface area contributed by atoms with Crippen molar-refractivity contribution in [1.29, 1.82) is 0 Å². The Kier molecular flexibility index (Phi) is 3.64. The molecule has 0 amide bonds. The smallest absolute Gasteiger partial charge is 0.280 e. The van der Waals surface area contributed by atoms with Gasteiger partial charge < -0.3 is 14.0 Å². The molecule has 1 aromatic carbocycles. The lowest BCUT2D eigenvalue weighted by Gasteiger charge is -2.26. The maximum atomic E-state index is 5.92. The van der Waals surface area contributed by atoms with E-state index in [0.29, 0.717) is 30.6 Å². The normalized spacial score (nSPS) is 16.5. The molecule has 0 unspecified atom stereocenters. The molecule has 124 valence electrons. The van der Waals surface area contributed by atoms with Crippen molar-refractivity contribution < 1.29 is 14.0 Å². The fourth-order valence-electron chi connectivity index (χ4n) is 2.42. The van der Waals surface area contributed by atoms with Gasteiger partial charge in [-0.25, -0.2) is 4.68 Å². The van der Waals surface area contributed by atoms with E-state index in [0.717, 1.165) is 11.5 Å². The molecule has 0 saturated carbocycles. The van der Waals surface area contributed by atoms with Gasteiger partial charge in [0, 0.05) is 5.92 Å². The molecule has 1 aliphatic heterocycles. The van der Waals surface area contributed by atoms with Crippen LogP contribution in [0.3, 0.4) is 0 Å². The van der Waals surface area contributed by atoms with Crippen molar-refractivity contribution in [1.82, 2.24) is 25.1 Å². The largest absolute Gasteiger partial charge is 0.486 e. The first-order valence-corrected chi connectivity index (χ1v) is 7.81. The Morgan fingerprint density at radius 2 is 2.08 bits per heavy atom. The van der Waals surface area contributed by atoms with Gasteiger partial charge in [0.2, 0.25) is 0 Å². The molecule has 0 fully saturated rings. The summed E-state index contributed by atoms with van der Waals surface area (Å²) in [6.45, 7) is 4.99. The van der Waals surface area contributed by atoms with Gasteiger partial charge in [0.25, 0.3) is 5.89 Å². The van der Waals surface area contributed by atoms with Crippen LogP contribution in [0.15, 0.2) is 35.0 Å². The van der Waals surface area contributed by atoms with E-state index < -0.39 is 0 Å². The number of rotatable bonds is 4. The van der Waals surface area contributed by atoms with Crippen LogP contribution >= 0.6 is 0 Å². The lowest BCUT2D eigenvalue weighted by atomic mass is 10.2. The van der Waals surface area contributed by atoms with Crippen LogP contribution in [0.4, 0.5) is 0 Å². The molecule has 0 spiro atoms. The summed E-state index contributed by atoms with van der Waals surface area (Å²) in [6.07, 6.45) is 1.63. The van der Waals surface area contributed by atoms with E-state index in [4.69, 9.17) is 14.0 Å². The first kappa shape index (κ1) is 14.7. The summed E-state index contributed by atoms with van der Waals surface area (Å²) in [5.41, 5.74) is 0.548.